The average Bonchev–Trinajstić information content (AvgIpc) is 3.01. The second-order valence-electron chi connectivity index (χ2n) is 7.26. The highest BCUT2D eigenvalue weighted by atomic mass is 15.1. The van der Waals surface area contributed by atoms with Gasteiger partial charge < -0.3 is 4.57 Å². The largest absolute Gasteiger partial charge is 0.316 e. The lowest BCUT2D eigenvalue weighted by atomic mass is 9.74. The molecule has 1 aromatic carbocycles. The van der Waals surface area contributed by atoms with Gasteiger partial charge in [-0.1, -0.05) is 91.1 Å². The van der Waals surface area contributed by atoms with Gasteiger partial charge in [-0.3, -0.25) is 0 Å². The van der Waals surface area contributed by atoms with Crippen LogP contribution in [0.2, 0.25) is 0 Å². The van der Waals surface area contributed by atoms with Crippen LogP contribution in [0.4, 0.5) is 0 Å². The molecule has 2 nitrogen and oxygen atoms in total. The molecule has 0 bridgehead atoms. The van der Waals surface area contributed by atoms with Gasteiger partial charge in [-0.15, -0.1) is 0 Å². The van der Waals surface area contributed by atoms with E-state index >= 15 is 0 Å². The highest BCUT2D eigenvalue weighted by molar-refractivity contribution is 5.55. The van der Waals surface area contributed by atoms with Gasteiger partial charge in [0.05, 0.1) is 12.0 Å². The number of hydrogen-bond donors (Lipinski definition) is 0. The summed E-state index contributed by atoms with van der Waals surface area (Å²) >= 11 is 0. The van der Waals surface area contributed by atoms with Gasteiger partial charge in [-0.25, -0.2) is 4.98 Å². The number of aromatic nitrogens is 2. The molecule has 0 fully saturated rings. The van der Waals surface area contributed by atoms with E-state index in [9.17, 15) is 0 Å². The normalized spacial score (nSPS) is 18.2. The monoisotopic (exact) mass is 366 g/mol. The van der Waals surface area contributed by atoms with E-state index in [0.717, 1.165) is 18.5 Å². The van der Waals surface area contributed by atoms with E-state index in [0.29, 0.717) is 0 Å². The Labute approximate surface area is 167 Å². The fourth-order valence-electron chi connectivity index (χ4n) is 4.15. The molecule has 2 aromatic rings. The molecule has 0 saturated carbocycles. The van der Waals surface area contributed by atoms with Crippen LogP contribution in [0, 0.1) is 13.8 Å². The molecule has 1 heterocycles. The van der Waals surface area contributed by atoms with Crippen molar-refractivity contribution >= 4 is 0 Å². The van der Waals surface area contributed by atoms with Gasteiger partial charge in [-0.2, -0.15) is 0 Å². The van der Waals surface area contributed by atoms with E-state index in [4.69, 9.17) is 0 Å². The maximum absolute atomic E-state index is 4.67. The number of rotatable bonds is 4. The molecule has 4 rings (SSSR count). The van der Waals surface area contributed by atoms with Crippen LogP contribution in [-0.4, -0.2) is 9.55 Å². The lowest BCUT2D eigenvalue weighted by Crippen LogP contribution is -2.39. The third kappa shape index (κ3) is 3.05. The number of imidazole rings is 1. The first-order chi connectivity index (χ1) is 13.7. The fraction of sp³-hybridized carbons (Fsp3) is 0.192. The third-order valence-electron chi connectivity index (χ3n) is 5.66. The van der Waals surface area contributed by atoms with Crippen LogP contribution in [0.15, 0.2) is 109 Å². The minimum Gasteiger partial charge on any atom is -0.316 e. The summed E-state index contributed by atoms with van der Waals surface area (Å²) in [5, 5.41) is 0. The second kappa shape index (κ2) is 7.85. The molecule has 0 N–H and O–H groups in total. The highest BCUT2D eigenvalue weighted by Crippen LogP contribution is 2.45. The van der Waals surface area contributed by atoms with Crippen molar-refractivity contribution in [1.29, 1.82) is 0 Å². The summed E-state index contributed by atoms with van der Waals surface area (Å²) in [7, 11) is 0. The Morgan fingerprint density at radius 1 is 0.893 bits per heavy atom. The van der Waals surface area contributed by atoms with Gasteiger partial charge in [0, 0.05) is 5.69 Å². The van der Waals surface area contributed by atoms with Crippen LogP contribution in [0.3, 0.4) is 0 Å². The van der Waals surface area contributed by atoms with E-state index in [2.05, 4.69) is 114 Å². The Balaban J connectivity index is 2.11. The molecule has 140 valence electrons. The number of benzene rings is 1. The first kappa shape index (κ1) is 18.2. The SMILES string of the molecule is Cc1ncn(C(C2=CC=CCC=C2)(C2=CC=CC=CC2)c2ccccc2)c1C. The van der Waals surface area contributed by atoms with Crippen molar-refractivity contribution in [2.75, 3.05) is 0 Å². The van der Waals surface area contributed by atoms with Crippen molar-refractivity contribution in [1.82, 2.24) is 9.55 Å². The third-order valence-corrected chi connectivity index (χ3v) is 5.66. The summed E-state index contributed by atoms with van der Waals surface area (Å²) in [5.41, 5.74) is 5.63. The molecular weight excluding hydrogens is 340 g/mol. The molecule has 1 unspecified atom stereocenters. The average molecular weight is 367 g/mol. The smallest absolute Gasteiger partial charge is 0.118 e. The van der Waals surface area contributed by atoms with Crippen molar-refractivity contribution < 1.29 is 0 Å². The maximum Gasteiger partial charge on any atom is 0.118 e. The van der Waals surface area contributed by atoms with E-state index in [1.807, 2.05) is 6.33 Å². The summed E-state index contributed by atoms with van der Waals surface area (Å²) in [6.45, 7) is 4.25. The molecule has 28 heavy (non-hydrogen) atoms. The Hall–Kier alpha value is -3.13. The summed E-state index contributed by atoms with van der Waals surface area (Å²) in [4.78, 5) is 4.67. The Kier molecular flexibility index (Phi) is 5.12. The first-order valence-corrected chi connectivity index (χ1v) is 9.88. The molecule has 1 atom stereocenters. The number of nitrogens with zero attached hydrogens (tertiary/aromatic N) is 2. The second-order valence-corrected chi connectivity index (χ2v) is 7.26. The van der Waals surface area contributed by atoms with Gasteiger partial charge in [0.2, 0.25) is 0 Å². The predicted octanol–water partition coefficient (Wildman–Crippen LogP) is 6.13. The maximum atomic E-state index is 4.67. The number of hydrogen-bond acceptors (Lipinski definition) is 1. The molecule has 2 aliphatic carbocycles. The van der Waals surface area contributed by atoms with E-state index in [-0.39, 0.29) is 0 Å². The number of aryl methyl sites for hydroxylation is 1. The standard InChI is InChI=1S/C26H26N2/c1-21-22(2)28(20-27-21)26(25-18-12-7-13-19-25,23-14-8-3-4-9-15-23)24-16-10-5-6-11-17-24/h3-5,7-14,16-20H,6,15H2,1-2H3. The molecule has 2 aliphatic rings. The minimum atomic E-state index is -0.448. The van der Waals surface area contributed by atoms with Crippen molar-refractivity contribution in [3.63, 3.8) is 0 Å². The first-order valence-electron chi connectivity index (χ1n) is 9.88. The summed E-state index contributed by atoms with van der Waals surface area (Å²) in [5.74, 6) is 0. The molecule has 1 aromatic heterocycles. The zero-order valence-electron chi connectivity index (χ0n) is 16.5. The van der Waals surface area contributed by atoms with Crippen LogP contribution >= 0.6 is 0 Å². The fourth-order valence-corrected chi connectivity index (χ4v) is 4.15. The molecule has 0 radical (unpaired) electrons. The lowest BCUT2D eigenvalue weighted by Gasteiger charge is -2.40. The van der Waals surface area contributed by atoms with Gasteiger partial charge >= 0.3 is 0 Å². The summed E-state index contributed by atoms with van der Waals surface area (Å²) in [6.07, 6.45) is 25.9. The van der Waals surface area contributed by atoms with Gasteiger partial charge in [0.15, 0.2) is 0 Å². The molecule has 0 aliphatic heterocycles. The van der Waals surface area contributed by atoms with E-state index in [1.54, 1.807) is 0 Å². The molecular formula is C26H26N2. The lowest BCUT2D eigenvalue weighted by molar-refractivity contribution is 0.483. The van der Waals surface area contributed by atoms with Crippen LogP contribution in [-0.2, 0) is 5.54 Å². The molecule has 0 amide bonds. The van der Waals surface area contributed by atoms with Crippen LogP contribution in [0.5, 0.6) is 0 Å². The Morgan fingerprint density at radius 2 is 1.75 bits per heavy atom. The van der Waals surface area contributed by atoms with E-state index < -0.39 is 5.54 Å². The zero-order valence-corrected chi connectivity index (χ0v) is 16.5. The van der Waals surface area contributed by atoms with Crippen LogP contribution < -0.4 is 0 Å². The van der Waals surface area contributed by atoms with Gasteiger partial charge in [0.1, 0.15) is 5.54 Å². The Morgan fingerprint density at radius 3 is 2.54 bits per heavy atom. The van der Waals surface area contributed by atoms with Crippen molar-refractivity contribution in [2.45, 2.75) is 32.2 Å². The highest BCUT2D eigenvalue weighted by Gasteiger charge is 2.41. The zero-order chi connectivity index (χ0) is 19.4. The van der Waals surface area contributed by atoms with Gasteiger partial charge in [0.25, 0.3) is 0 Å². The summed E-state index contributed by atoms with van der Waals surface area (Å²) < 4.78 is 2.35. The molecule has 0 spiro atoms. The molecule has 2 heteroatoms. The minimum absolute atomic E-state index is 0.448. The molecule has 0 saturated heterocycles. The van der Waals surface area contributed by atoms with Crippen molar-refractivity contribution in [3.8, 4) is 0 Å². The number of allylic oxidation sites excluding steroid dienone is 12. The van der Waals surface area contributed by atoms with Crippen LogP contribution in [0.25, 0.3) is 0 Å². The topological polar surface area (TPSA) is 17.8 Å². The predicted molar refractivity (Wildman–Crippen MR) is 117 cm³/mol. The van der Waals surface area contributed by atoms with Gasteiger partial charge in [-0.05, 0) is 43.4 Å². The van der Waals surface area contributed by atoms with E-state index in [1.165, 1.54) is 22.4 Å². The quantitative estimate of drug-likeness (QED) is 0.636. The summed E-state index contributed by atoms with van der Waals surface area (Å²) in [6, 6.07) is 10.8. The van der Waals surface area contributed by atoms with Crippen molar-refractivity contribution in [3.05, 3.63) is 126 Å². The Bertz CT molecular complexity index is 1030. The van der Waals surface area contributed by atoms with Crippen LogP contribution in [0.1, 0.15) is 29.8 Å². The van der Waals surface area contributed by atoms with Crippen molar-refractivity contribution in [2.24, 2.45) is 0 Å².